The van der Waals surface area contributed by atoms with E-state index in [0.717, 1.165) is 50.1 Å². The molecule has 2 aromatic heterocycles. The first kappa shape index (κ1) is 18.6. The van der Waals surface area contributed by atoms with E-state index in [9.17, 15) is 4.79 Å². The van der Waals surface area contributed by atoms with Crippen LogP contribution in [0.15, 0.2) is 47.1 Å². The van der Waals surface area contributed by atoms with Gasteiger partial charge in [-0.15, -0.1) is 0 Å². The third-order valence-electron chi connectivity index (χ3n) is 5.34. The third-order valence-corrected chi connectivity index (χ3v) is 5.34. The normalized spacial score (nSPS) is 17.7. The number of pyridine rings is 1. The van der Waals surface area contributed by atoms with E-state index in [1.54, 1.807) is 6.07 Å². The summed E-state index contributed by atoms with van der Waals surface area (Å²) in [5, 5.41) is 8.23. The third kappa shape index (κ3) is 4.07. The van der Waals surface area contributed by atoms with Crippen LogP contribution in [0.5, 0.6) is 0 Å². The molecule has 1 amide bonds. The average Bonchev–Trinajstić information content (AvgIpc) is 3.23. The number of hydrogen-bond acceptors (Lipinski definition) is 5. The van der Waals surface area contributed by atoms with Gasteiger partial charge in [0.1, 0.15) is 0 Å². The maximum absolute atomic E-state index is 12.1. The Morgan fingerprint density at radius 2 is 2.21 bits per heavy atom. The monoisotopic (exact) mass is 378 g/mol. The number of rotatable bonds is 6. The molecule has 6 heteroatoms. The van der Waals surface area contributed by atoms with Crippen LogP contribution >= 0.6 is 0 Å². The van der Waals surface area contributed by atoms with Gasteiger partial charge in [-0.2, -0.15) is 0 Å². The quantitative estimate of drug-likeness (QED) is 0.707. The van der Waals surface area contributed by atoms with Crippen LogP contribution in [0, 0.1) is 0 Å². The summed E-state index contributed by atoms with van der Waals surface area (Å²) in [7, 11) is 0. The largest absolute Gasteiger partial charge is 0.351 e. The van der Waals surface area contributed by atoms with Crippen LogP contribution in [0.1, 0.15) is 53.9 Å². The zero-order valence-corrected chi connectivity index (χ0v) is 16.2. The lowest BCUT2D eigenvalue weighted by Crippen LogP contribution is -2.34. The lowest BCUT2D eigenvalue weighted by atomic mass is 9.94. The standard InChI is InChI=1S/C22H26N4O2/c1-2-10-24-22(27)21-13-20(25-28-21)17-6-5-12-26(15-17)14-16-9-11-23-19-8-4-3-7-18(16)19/h3-4,7-9,11,13,17H,2,5-6,10,12,14-15H2,1H3,(H,24,27). The van der Waals surface area contributed by atoms with Gasteiger partial charge in [-0.25, -0.2) is 0 Å². The molecule has 1 unspecified atom stereocenters. The fourth-order valence-corrected chi connectivity index (χ4v) is 3.89. The van der Waals surface area contributed by atoms with Gasteiger partial charge in [-0.1, -0.05) is 30.3 Å². The van der Waals surface area contributed by atoms with Gasteiger partial charge >= 0.3 is 0 Å². The second kappa shape index (κ2) is 8.52. The van der Waals surface area contributed by atoms with Gasteiger partial charge in [-0.3, -0.25) is 14.7 Å². The molecule has 0 spiro atoms. The van der Waals surface area contributed by atoms with Crippen molar-refractivity contribution in [3.05, 3.63) is 59.6 Å². The Bertz CT molecular complexity index is 947. The number of likely N-dealkylation sites (tertiary alicyclic amines) is 1. The first-order chi connectivity index (χ1) is 13.7. The number of para-hydroxylation sites is 1. The summed E-state index contributed by atoms with van der Waals surface area (Å²) >= 11 is 0. The molecule has 146 valence electrons. The number of nitrogens with one attached hydrogen (secondary N) is 1. The topological polar surface area (TPSA) is 71.3 Å². The van der Waals surface area contributed by atoms with E-state index < -0.39 is 0 Å². The second-order valence-electron chi connectivity index (χ2n) is 7.43. The van der Waals surface area contributed by atoms with Crippen molar-refractivity contribution in [3.8, 4) is 0 Å². The first-order valence-electron chi connectivity index (χ1n) is 10.0. The van der Waals surface area contributed by atoms with Gasteiger partial charge in [0.15, 0.2) is 0 Å². The van der Waals surface area contributed by atoms with Crippen molar-refractivity contribution in [2.45, 2.75) is 38.6 Å². The molecule has 3 heterocycles. The molecule has 28 heavy (non-hydrogen) atoms. The number of carbonyl (C=O) groups is 1. The Hall–Kier alpha value is -2.73. The van der Waals surface area contributed by atoms with Crippen LogP contribution in [-0.2, 0) is 6.54 Å². The minimum atomic E-state index is -0.184. The van der Waals surface area contributed by atoms with E-state index in [-0.39, 0.29) is 5.91 Å². The molecule has 1 N–H and O–H groups in total. The summed E-state index contributed by atoms with van der Waals surface area (Å²) in [5.74, 6) is 0.413. The summed E-state index contributed by atoms with van der Waals surface area (Å²) in [6, 6.07) is 12.2. The van der Waals surface area contributed by atoms with Crippen LogP contribution in [0.2, 0.25) is 0 Å². The van der Waals surface area contributed by atoms with Crippen LogP contribution in [0.3, 0.4) is 0 Å². The highest BCUT2D eigenvalue weighted by molar-refractivity contribution is 5.91. The van der Waals surface area contributed by atoms with Crippen LogP contribution in [0.25, 0.3) is 10.9 Å². The number of amides is 1. The van der Waals surface area contributed by atoms with E-state index in [2.05, 4.69) is 44.6 Å². The second-order valence-corrected chi connectivity index (χ2v) is 7.43. The predicted octanol–water partition coefficient (Wildman–Crippen LogP) is 3.74. The first-order valence-corrected chi connectivity index (χ1v) is 10.0. The van der Waals surface area contributed by atoms with E-state index in [1.807, 2.05) is 19.2 Å². The van der Waals surface area contributed by atoms with Crippen molar-refractivity contribution >= 4 is 16.8 Å². The summed E-state index contributed by atoms with van der Waals surface area (Å²) in [5.41, 5.74) is 3.21. The van der Waals surface area contributed by atoms with Crippen molar-refractivity contribution < 1.29 is 9.32 Å². The number of piperidine rings is 1. The molecule has 6 nitrogen and oxygen atoms in total. The highest BCUT2D eigenvalue weighted by Crippen LogP contribution is 2.28. The van der Waals surface area contributed by atoms with Crippen molar-refractivity contribution in [2.24, 2.45) is 0 Å². The highest BCUT2D eigenvalue weighted by atomic mass is 16.5. The Balaban J connectivity index is 1.45. The Morgan fingerprint density at radius 3 is 3.11 bits per heavy atom. The van der Waals surface area contributed by atoms with E-state index in [0.29, 0.717) is 18.2 Å². The number of carbonyl (C=O) groups excluding carboxylic acids is 1. The van der Waals surface area contributed by atoms with Gasteiger partial charge in [0, 0.05) is 43.2 Å². The van der Waals surface area contributed by atoms with Crippen molar-refractivity contribution in [3.63, 3.8) is 0 Å². The molecular formula is C22H26N4O2. The van der Waals surface area contributed by atoms with E-state index in [1.165, 1.54) is 10.9 Å². The molecule has 1 aliphatic heterocycles. The molecule has 0 aliphatic carbocycles. The van der Waals surface area contributed by atoms with Gasteiger partial charge < -0.3 is 9.84 Å². The van der Waals surface area contributed by atoms with Gasteiger partial charge in [-0.05, 0) is 43.5 Å². The molecule has 0 bridgehead atoms. The lowest BCUT2D eigenvalue weighted by molar-refractivity contribution is 0.0916. The number of hydrogen-bond donors (Lipinski definition) is 1. The number of nitrogens with zero attached hydrogens (tertiary/aromatic N) is 3. The summed E-state index contributed by atoms with van der Waals surface area (Å²) in [4.78, 5) is 19.0. The number of fused-ring (bicyclic) bond motifs is 1. The molecule has 1 atom stereocenters. The van der Waals surface area contributed by atoms with Crippen molar-refractivity contribution in [1.82, 2.24) is 20.4 Å². The maximum Gasteiger partial charge on any atom is 0.289 e. The minimum absolute atomic E-state index is 0.184. The maximum atomic E-state index is 12.1. The lowest BCUT2D eigenvalue weighted by Gasteiger charge is -2.32. The summed E-state index contributed by atoms with van der Waals surface area (Å²) in [6.07, 6.45) is 4.96. The number of benzene rings is 1. The SMILES string of the molecule is CCCNC(=O)c1cc(C2CCCN(Cc3ccnc4ccccc34)C2)no1. The zero-order valence-electron chi connectivity index (χ0n) is 16.2. The molecule has 1 saturated heterocycles. The molecular weight excluding hydrogens is 352 g/mol. The Kier molecular flexibility index (Phi) is 5.67. The summed E-state index contributed by atoms with van der Waals surface area (Å²) < 4.78 is 5.30. The molecule has 4 rings (SSSR count). The van der Waals surface area contributed by atoms with Crippen LogP contribution < -0.4 is 5.32 Å². The molecule has 0 saturated carbocycles. The molecule has 0 radical (unpaired) electrons. The minimum Gasteiger partial charge on any atom is -0.351 e. The smallest absolute Gasteiger partial charge is 0.289 e. The van der Waals surface area contributed by atoms with Crippen molar-refractivity contribution in [2.75, 3.05) is 19.6 Å². The van der Waals surface area contributed by atoms with E-state index >= 15 is 0 Å². The van der Waals surface area contributed by atoms with Gasteiger partial charge in [0.2, 0.25) is 5.76 Å². The molecule has 1 aromatic carbocycles. The Labute approximate surface area is 164 Å². The average molecular weight is 378 g/mol. The molecule has 1 aliphatic rings. The van der Waals surface area contributed by atoms with Crippen LogP contribution in [0.4, 0.5) is 0 Å². The van der Waals surface area contributed by atoms with Crippen molar-refractivity contribution in [1.29, 1.82) is 0 Å². The zero-order chi connectivity index (χ0) is 19.3. The Morgan fingerprint density at radius 1 is 1.32 bits per heavy atom. The molecule has 3 aromatic rings. The fourth-order valence-electron chi connectivity index (χ4n) is 3.89. The summed E-state index contributed by atoms with van der Waals surface area (Å²) in [6.45, 7) is 5.54. The van der Waals surface area contributed by atoms with E-state index in [4.69, 9.17) is 4.52 Å². The highest BCUT2D eigenvalue weighted by Gasteiger charge is 2.25. The van der Waals surface area contributed by atoms with Gasteiger partial charge in [0.25, 0.3) is 5.91 Å². The fraction of sp³-hybridized carbons (Fsp3) is 0.409. The predicted molar refractivity (Wildman–Crippen MR) is 108 cm³/mol. The van der Waals surface area contributed by atoms with Gasteiger partial charge in [0.05, 0.1) is 11.2 Å². The number of aromatic nitrogens is 2. The van der Waals surface area contributed by atoms with Crippen LogP contribution in [-0.4, -0.2) is 40.6 Å². The molecule has 1 fully saturated rings.